The average Bonchev–Trinajstić information content (AvgIpc) is 2.97. The summed E-state index contributed by atoms with van der Waals surface area (Å²) in [5.41, 5.74) is 1.22. The summed E-state index contributed by atoms with van der Waals surface area (Å²) in [6.45, 7) is 6.31. The van der Waals surface area contributed by atoms with Crippen LogP contribution < -0.4 is 15.4 Å². The van der Waals surface area contributed by atoms with Crippen molar-refractivity contribution in [2.75, 3.05) is 19.7 Å². The van der Waals surface area contributed by atoms with Crippen LogP contribution in [0.3, 0.4) is 0 Å². The van der Waals surface area contributed by atoms with Crippen molar-refractivity contribution < 1.29 is 4.74 Å². The molecule has 0 spiro atoms. The fraction of sp³-hybridized carbons (Fsp3) is 0.588. The van der Waals surface area contributed by atoms with Crippen LogP contribution in [0, 0.1) is 6.92 Å². The molecule has 0 radical (unpaired) electrons. The Morgan fingerprint density at radius 3 is 2.86 bits per heavy atom. The normalized spacial score (nSPS) is 16.0. The van der Waals surface area contributed by atoms with Gasteiger partial charge < -0.3 is 15.4 Å². The second kappa shape index (κ2) is 8.55. The van der Waals surface area contributed by atoms with Gasteiger partial charge in [0.2, 0.25) is 0 Å². The van der Waals surface area contributed by atoms with Crippen LogP contribution in [-0.2, 0) is 0 Å². The maximum Gasteiger partial charge on any atom is 0.191 e. The van der Waals surface area contributed by atoms with E-state index in [0.29, 0.717) is 19.2 Å². The first-order valence-corrected chi connectivity index (χ1v) is 8.02. The van der Waals surface area contributed by atoms with Gasteiger partial charge in [-0.3, -0.25) is 0 Å². The van der Waals surface area contributed by atoms with E-state index in [0.717, 1.165) is 18.3 Å². The zero-order chi connectivity index (χ0) is 14.9. The first kappa shape index (κ1) is 15.7. The third kappa shape index (κ3) is 5.66. The maximum absolute atomic E-state index is 5.72. The third-order valence-corrected chi connectivity index (χ3v) is 3.66. The molecular weight excluding hydrogens is 262 g/mol. The molecule has 1 aliphatic carbocycles. The highest BCUT2D eigenvalue weighted by Crippen LogP contribution is 2.17. The Morgan fingerprint density at radius 2 is 2.14 bits per heavy atom. The van der Waals surface area contributed by atoms with Crippen molar-refractivity contribution in [3.63, 3.8) is 0 Å². The van der Waals surface area contributed by atoms with Gasteiger partial charge in [-0.05, 0) is 44.4 Å². The fourth-order valence-corrected chi connectivity index (χ4v) is 2.61. The molecule has 0 atom stereocenters. The van der Waals surface area contributed by atoms with Crippen molar-refractivity contribution in [2.45, 2.75) is 45.6 Å². The zero-order valence-corrected chi connectivity index (χ0v) is 13.2. The standard InChI is InChI=1S/C17H27N3O/c1-3-18-17(20-15-8-4-5-9-15)19-11-12-21-16-10-6-7-14(2)13-16/h6-7,10,13,15H,3-5,8-9,11-12H2,1-2H3,(H2,18,19,20). The van der Waals surface area contributed by atoms with Crippen LogP contribution in [0.4, 0.5) is 0 Å². The third-order valence-electron chi connectivity index (χ3n) is 3.66. The Hall–Kier alpha value is -1.71. The maximum atomic E-state index is 5.72. The van der Waals surface area contributed by atoms with Crippen molar-refractivity contribution >= 4 is 5.96 Å². The smallest absolute Gasteiger partial charge is 0.191 e. The number of aryl methyl sites for hydroxylation is 1. The lowest BCUT2D eigenvalue weighted by atomic mass is 10.2. The van der Waals surface area contributed by atoms with Gasteiger partial charge in [0.25, 0.3) is 0 Å². The first-order valence-electron chi connectivity index (χ1n) is 8.02. The number of nitrogens with one attached hydrogen (secondary N) is 2. The molecule has 1 aromatic rings. The van der Waals surface area contributed by atoms with Crippen LogP contribution in [0.2, 0.25) is 0 Å². The minimum Gasteiger partial charge on any atom is -0.492 e. The van der Waals surface area contributed by atoms with Crippen LogP contribution >= 0.6 is 0 Å². The molecule has 2 N–H and O–H groups in total. The lowest BCUT2D eigenvalue weighted by Gasteiger charge is -2.16. The molecular formula is C17H27N3O. The van der Waals surface area contributed by atoms with E-state index in [9.17, 15) is 0 Å². The molecule has 0 aliphatic heterocycles. The van der Waals surface area contributed by atoms with Gasteiger partial charge in [-0.25, -0.2) is 4.99 Å². The SMILES string of the molecule is CCNC(=NCCOc1cccc(C)c1)NC1CCCC1. The molecule has 4 nitrogen and oxygen atoms in total. The van der Waals surface area contributed by atoms with Crippen LogP contribution in [0.1, 0.15) is 38.2 Å². The summed E-state index contributed by atoms with van der Waals surface area (Å²) < 4.78 is 5.72. The fourth-order valence-electron chi connectivity index (χ4n) is 2.61. The predicted octanol–water partition coefficient (Wildman–Crippen LogP) is 2.87. The second-order valence-corrected chi connectivity index (χ2v) is 5.55. The molecule has 1 fully saturated rings. The van der Waals surface area contributed by atoms with Crippen molar-refractivity contribution in [1.82, 2.24) is 10.6 Å². The summed E-state index contributed by atoms with van der Waals surface area (Å²) in [5, 5.41) is 6.81. The molecule has 1 saturated carbocycles. The summed E-state index contributed by atoms with van der Waals surface area (Å²) >= 11 is 0. The molecule has 0 amide bonds. The molecule has 0 aromatic heterocycles. The second-order valence-electron chi connectivity index (χ2n) is 5.55. The van der Waals surface area contributed by atoms with Gasteiger partial charge in [-0.1, -0.05) is 25.0 Å². The number of ether oxygens (including phenoxy) is 1. The van der Waals surface area contributed by atoms with Gasteiger partial charge in [0.1, 0.15) is 12.4 Å². The molecule has 2 rings (SSSR count). The Balaban J connectivity index is 1.76. The van der Waals surface area contributed by atoms with E-state index in [2.05, 4.69) is 35.5 Å². The molecule has 116 valence electrons. The van der Waals surface area contributed by atoms with Crippen molar-refractivity contribution in [3.8, 4) is 5.75 Å². The number of guanidine groups is 1. The largest absolute Gasteiger partial charge is 0.492 e. The molecule has 0 heterocycles. The number of aliphatic imine (C=N–C) groups is 1. The van der Waals surface area contributed by atoms with Crippen LogP contribution in [0.5, 0.6) is 5.75 Å². The Morgan fingerprint density at radius 1 is 1.33 bits per heavy atom. The average molecular weight is 289 g/mol. The van der Waals surface area contributed by atoms with E-state index in [1.165, 1.54) is 31.2 Å². The Kier molecular flexibility index (Phi) is 6.38. The number of hydrogen-bond acceptors (Lipinski definition) is 2. The van der Waals surface area contributed by atoms with Crippen molar-refractivity contribution in [1.29, 1.82) is 0 Å². The minimum atomic E-state index is 0.584. The van der Waals surface area contributed by atoms with E-state index in [1.807, 2.05) is 18.2 Å². The molecule has 0 unspecified atom stereocenters. The van der Waals surface area contributed by atoms with E-state index < -0.39 is 0 Å². The summed E-state index contributed by atoms with van der Waals surface area (Å²) in [7, 11) is 0. The van der Waals surface area contributed by atoms with Gasteiger partial charge >= 0.3 is 0 Å². The topological polar surface area (TPSA) is 45.7 Å². The molecule has 0 saturated heterocycles. The molecule has 4 heteroatoms. The van der Waals surface area contributed by atoms with Crippen molar-refractivity contribution in [2.24, 2.45) is 4.99 Å². The number of benzene rings is 1. The summed E-state index contributed by atoms with van der Waals surface area (Å²) in [6.07, 6.45) is 5.16. The quantitative estimate of drug-likeness (QED) is 0.481. The number of rotatable bonds is 6. The predicted molar refractivity (Wildman–Crippen MR) is 88.0 cm³/mol. The van der Waals surface area contributed by atoms with Crippen LogP contribution in [0.25, 0.3) is 0 Å². The van der Waals surface area contributed by atoms with Crippen molar-refractivity contribution in [3.05, 3.63) is 29.8 Å². The summed E-state index contributed by atoms with van der Waals surface area (Å²) in [5.74, 6) is 1.83. The first-order chi connectivity index (χ1) is 10.3. The highest BCUT2D eigenvalue weighted by atomic mass is 16.5. The number of hydrogen-bond donors (Lipinski definition) is 2. The summed E-state index contributed by atoms with van der Waals surface area (Å²) in [6, 6.07) is 8.70. The lowest BCUT2D eigenvalue weighted by molar-refractivity contribution is 0.328. The van der Waals surface area contributed by atoms with E-state index >= 15 is 0 Å². The monoisotopic (exact) mass is 289 g/mol. The van der Waals surface area contributed by atoms with Gasteiger partial charge in [0.15, 0.2) is 5.96 Å². The molecule has 1 aromatic carbocycles. The van der Waals surface area contributed by atoms with E-state index in [4.69, 9.17) is 4.74 Å². The van der Waals surface area contributed by atoms with Crippen LogP contribution in [0.15, 0.2) is 29.3 Å². The van der Waals surface area contributed by atoms with Gasteiger partial charge in [0, 0.05) is 12.6 Å². The lowest BCUT2D eigenvalue weighted by Crippen LogP contribution is -2.42. The molecule has 1 aliphatic rings. The zero-order valence-electron chi connectivity index (χ0n) is 13.2. The Labute approximate surface area is 128 Å². The molecule has 0 bridgehead atoms. The minimum absolute atomic E-state index is 0.584. The van der Waals surface area contributed by atoms with E-state index in [-0.39, 0.29) is 0 Å². The van der Waals surface area contributed by atoms with Gasteiger partial charge in [-0.15, -0.1) is 0 Å². The highest BCUT2D eigenvalue weighted by molar-refractivity contribution is 5.80. The van der Waals surface area contributed by atoms with Gasteiger partial charge in [0.05, 0.1) is 6.54 Å². The van der Waals surface area contributed by atoms with E-state index in [1.54, 1.807) is 0 Å². The van der Waals surface area contributed by atoms with Crippen LogP contribution in [-0.4, -0.2) is 31.7 Å². The summed E-state index contributed by atoms with van der Waals surface area (Å²) in [4.78, 5) is 4.58. The number of nitrogens with zero attached hydrogens (tertiary/aromatic N) is 1. The Bertz CT molecular complexity index is 453. The van der Waals surface area contributed by atoms with Gasteiger partial charge in [-0.2, -0.15) is 0 Å². The molecule has 21 heavy (non-hydrogen) atoms. The highest BCUT2D eigenvalue weighted by Gasteiger charge is 2.15.